The highest BCUT2D eigenvalue weighted by Crippen LogP contribution is 2.25. The van der Waals surface area contributed by atoms with E-state index in [1.54, 1.807) is 26.0 Å². The molecule has 0 saturated carbocycles. The maximum absolute atomic E-state index is 12.6. The van der Waals surface area contributed by atoms with Crippen molar-refractivity contribution in [3.63, 3.8) is 0 Å². The van der Waals surface area contributed by atoms with Crippen molar-refractivity contribution in [3.05, 3.63) is 89.5 Å². The summed E-state index contributed by atoms with van der Waals surface area (Å²) in [7, 11) is 3.22. The Morgan fingerprint density at radius 3 is 2.50 bits per heavy atom. The largest absolute Gasteiger partial charge is 0.497 e. The molecule has 1 N–H and O–H groups in total. The summed E-state index contributed by atoms with van der Waals surface area (Å²) in [6, 6.07) is 23.5. The van der Waals surface area contributed by atoms with E-state index in [0.29, 0.717) is 17.9 Å². The molecule has 144 valence electrons. The molecule has 0 heterocycles. The molecule has 0 spiro atoms. The van der Waals surface area contributed by atoms with Crippen LogP contribution >= 0.6 is 11.8 Å². The molecular weight excluding hydrogens is 370 g/mol. The molecule has 1 amide bonds. The minimum Gasteiger partial charge on any atom is -0.497 e. The topological polar surface area (TPSA) is 47.6 Å². The van der Waals surface area contributed by atoms with Gasteiger partial charge in [-0.05, 0) is 42.0 Å². The zero-order valence-electron chi connectivity index (χ0n) is 16.0. The fourth-order valence-electron chi connectivity index (χ4n) is 2.76. The van der Waals surface area contributed by atoms with Crippen LogP contribution < -0.4 is 14.8 Å². The summed E-state index contributed by atoms with van der Waals surface area (Å²) in [5, 5.41) is 2.96. The summed E-state index contributed by atoms with van der Waals surface area (Å²) in [4.78, 5) is 13.8. The molecule has 0 radical (unpaired) electrons. The van der Waals surface area contributed by atoms with Crippen LogP contribution in [0.5, 0.6) is 11.5 Å². The van der Waals surface area contributed by atoms with Crippen LogP contribution in [0.25, 0.3) is 0 Å². The van der Waals surface area contributed by atoms with Gasteiger partial charge >= 0.3 is 0 Å². The molecule has 3 rings (SSSR count). The Bertz CT molecular complexity index is 928. The SMILES string of the molecule is COc1ccc(CNC(=O)c2cccc(CSc3ccccc3)c2)c(OC)c1. The van der Waals surface area contributed by atoms with Gasteiger partial charge in [0.1, 0.15) is 11.5 Å². The van der Waals surface area contributed by atoms with E-state index < -0.39 is 0 Å². The Kier molecular flexibility index (Phi) is 6.98. The quantitative estimate of drug-likeness (QED) is 0.552. The first-order chi connectivity index (χ1) is 13.7. The number of amides is 1. The molecule has 0 aliphatic heterocycles. The van der Waals surface area contributed by atoms with Crippen LogP contribution in [0.4, 0.5) is 0 Å². The lowest BCUT2D eigenvalue weighted by Gasteiger charge is -2.12. The zero-order valence-corrected chi connectivity index (χ0v) is 16.8. The van der Waals surface area contributed by atoms with E-state index in [-0.39, 0.29) is 5.91 Å². The van der Waals surface area contributed by atoms with Gasteiger partial charge < -0.3 is 14.8 Å². The van der Waals surface area contributed by atoms with Crippen LogP contribution in [0.15, 0.2) is 77.7 Å². The first kappa shape index (κ1) is 19.8. The second-order valence-electron chi connectivity index (χ2n) is 6.16. The number of methoxy groups -OCH3 is 2. The van der Waals surface area contributed by atoms with E-state index in [1.807, 2.05) is 60.7 Å². The van der Waals surface area contributed by atoms with Crippen LogP contribution in [0, 0.1) is 0 Å². The number of nitrogens with one attached hydrogen (secondary N) is 1. The predicted octanol–water partition coefficient (Wildman–Crippen LogP) is 4.93. The summed E-state index contributed by atoms with van der Waals surface area (Å²) in [5.41, 5.74) is 2.66. The summed E-state index contributed by atoms with van der Waals surface area (Å²) < 4.78 is 10.6. The van der Waals surface area contributed by atoms with E-state index in [4.69, 9.17) is 9.47 Å². The number of carbonyl (C=O) groups excluding carboxylic acids is 1. The predicted molar refractivity (Wildman–Crippen MR) is 113 cm³/mol. The third-order valence-corrected chi connectivity index (χ3v) is 5.35. The highest BCUT2D eigenvalue weighted by Gasteiger charge is 2.10. The van der Waals surface area contributed by atoms with Crippen molar-refractivity contribution in [2.45, 2.75) is 17.2 Å². The second-order valence-corrected chi connectivity index (χ2v) is 7.21. The van der Waals surface area contributed by atoms with Gasteiger partial charge in [-0.25, -0.2) is 0 Å². The summed E-state index contributed by atoms with van der Waals surface area (Å²) in [6.45, 7) is 0.384. The average molecular weight is 394 g/mol. The van der Waals surface area contributed by atoms with Crippen molar-refractivity contribution < 1.29 is 14.3 Å². The molecule has 0 aliphatic carbocycles. The number of benzene rings is 3. The second kappa shape index (κ2) is 9.85. The molecule has 0 bridgehead atoms. The van der Waals surface area contributed by atoms with Gasteiger partial charge in [0.25, 0.3) is 5.91 Å². The van der Waals surface area contributed by atoms with E-state index in [1.165, 1.54) is 4.90 Å². The third-order valence-electron chi connectivity index (χ3n) is 4.27. The minimum atomic E-state index is -0.107. The molecule has 0 unspecified atom stereocenters. The van der Waals surface area contributed by atoms with E-state index in [0.717, 1.165) is 22.6 Å². The smallest absolute Gasteiger partial charge is 0.251 e. The molecule has 28 heavy (non-hydrogen) atoms. The highest BCUT2D eigenvalue weighted by molar-refractivity contribution is 7.98. The number of rotatable bonds is 8. The van der Waals surface area contributed by atoms with Crippen LogP contribution in [-0.2, 0) is 12.3 Å². The van der Waals surface area contributed by atoms with Gasteiger partial charge in [-0.15, -0.1) is 11.8 Å². The van der Waals surface area contributed by atoms with Gasteiger partial charge in [0.2, 0.25) is 0 Å². The van der Waals surface area contributed by atoms with Crippen molar-refractivity contribution in [3.8, 4) is 11.5 Å². The van der Waals surface area contributed by atoms with Gasteiger partial charge in [0.15, 0.2) is 0 Å². The van der Waals surface area contributed by atoms with Crippen molar-refractivity contribution in [2.75, 3.05) is 14.2 Å². The molecule has 3 aromatic rings. The van der Waals surface area contributed by atoms with Gasteiger partial charge in [-0.2, -0.15) is 0 Å². The molecular formula is C23H23NO3S. The highest BCUT2D eigenvalue weighted by atomic mass is 32.2. The van der Waals surface area contributed by atoms with E-state index in [9.17, 15) is 4.79 Å². The maximum atomic E-state index is 12.6. The first-order valence-corrected chi connectivity index (χ1v) is 9.94. The maximum Gasteiger partial charge on any atom is 0.251 e. The Balaban J connectivity index is 1.62. The number of hydrogen-bond donors (Lipinski definition) is 1. The Hall–Kier alpha value is -2.92. The van der Waals surface area contributed by atoms with Crippen LogP contribution in [-0.4, -0.2) is 20.1 Å². The lowest BCUT2D eigenvalue weighted by atomic mass is 10.1. The monoisotopic (exact) mass is 393 g/mol. The van der Waals surface area contributed by atoms with Gasteiger partial charge in [0.05, 0.1) is 14.2 Å². The zero-order chi connectivity index (χ0) is 19.8. The van der Waals surface area contributed by atoms with Crippen molar-refractivity contribution in [2.24, 2.45) is 0 Å². The fraction of sp³-hybridized carbons (Fsp3) is 0.174. The molecule has 0 fully saturated rings. The third kappa shape index (κ3) is 5.30. The van der Waals surface area contributed by atoms with E-state index >= 15 is 0 Å². The normalized spacial score (nSPS) is 10.4. The summed E-state index contributed by atoms with van der Waals surface area (Å²) in [6.07, 6.45) is 0. The Morgan fingerprint density at radius 2 is 1.75 bits per heavy atom. The van der Waals surface area contributed by atoms with Crippen LogP contribution in [0.1, 0.15) is 21.5 Å². The number of hydrogen-bond acceptors (Lipinski definition) is 4. The van der Waals surface area contributed by atoms with Crippen molar-refractivity contribution >= 4 is 17.7 Å². The summed E-state index contributed by atoms with van der Waals surface area (Å²) in [5.74, 6) is 2.12. The average Bonchev–Trinajstić information content (AvgIpc) is 2.76. The minimum absolute atomic E-state index is 0.107. The molecule has 0 saturated heterocycles. The van der Waals surface area contributed by atoms with Gasteiger partial charge in [-0.1, -0.05) is 30.3 Å². The molecule has 4 nitrogen and oxygen atoms in total. The van der Waals surface area contributed by atoms with Crippen LogP contribution in [0.3, 0.4) is 0 Å². The Labute approximate surface area is 169 Å². The molecule has 0 atom stereocenters. The Morgan fingerprint density at radius 1 is 0.929 bits per heavy atom. The number of carbonyl (C=O) groups is 1. The summed E-state index contributed by atoms with van der Waals surface area (Å²) >= 11 is 1.75. The number of ether oxygens (including phenoxy) is 2. The lowest BCUT2D eigenvalue weighted by molar-refractivity contribution is 0.0950. The van der Waals surface area contributed by atoms with Crippen molar-refractivity contribution in [1.82, 2.24) is 5.32 Å². The molecule has 0 aromatic heterocycles. The molecule has 3 aromatic carbocycles. The standard InChI is InChI=1S/C23H23NO3S/c1-26-20-12-11-19(22(14-20)27-2)15-24-23(25)18-8-6-7-17(13-18)16-28-21-9-4-3-5-10-21/h3-14H,15-16H2,1-2H3,(H,24,25). The molecule has 5 heteroatoms. The van der Waals surface area contributed by atoms with Crippen molar-refractivity contribution in [1.29, 1.82) is 0 Å². The first-order valence-electron chi connectivity index (χ1n) is 8.95. The number of thioether (sulfide) groups is 1. The van der Waals surface area contributed by atoms with Crippen LogP contribution in [0.2, 0.25) is 0 Å². The van der Waals surface area contributed by atoms with E-state index in [2.05, 4.69) is 17.4 Å². The van der Waals surface area contributed by atoms with Gasteiger partial charge in [-0.3, -0.25) is 4.79 Å². The molecule has 0 aliphatic rings. The fourth-order valence-corrected chi connectivity index (χ4v) is 3.62. The van der Waals surface area contributed by atoms with Gasteiger partial charge in [0, 0.05) is 34.4 Å². The lowest BCUT2D eigenvalue weighted by Crippen LogP contribution is -2.23.